The summed E-state index contributed by atoms with van der Waals surface area (Å²) in [5, 5.41) is 4.79. The first-order valence-electron chi connectivity index (χ1n) is 6.92. The SMILES string of the molecule is Cc1ccc(C)c(/C=N/NC(=O)COc2ccc(Cl)cc2Cl)c1. The maximum absolute atomic E-state index is 11.7. The van der Waals surface area contributed by atoms with Crippen LogP contribution in [0.1, 0.15) is 16.7 Å². The van der Waals surface area contributed by atoms with Crippen molar-refractivity contribution in [1.29, 1.82) is 0 Å². The largest absolute Gasteiger partial charge is 0.482 e. The van der Waals surface area contributed by atoms with E-state index >= 15 is 0 Å². The van der Waals surface area contributed by atoms with Crippen LogP contribution >= 0.6 is 23.2 Å². The topological polar surface area (TPSA) is 50.7 Å². The number of carbonyl (C=O) groups excluding carboxylic acids is 1. The molecule has 0 atom stereocenters. The molecule has 23 heavy (non-hydrogen) atoms. The summed E-state index contributed by atoms with van der Waals surface area (Å²) in [6.45, 7) is 3.79. The number of aryl methyl sites for hydroxylation is 2. The second-order valence-electron chi connectivity index (χ2n) is 5.02. The minimum Gasteiger partial charge on any atom is -0.482 e. The van der Waals surface area contributed by atoms with Crippen molar-refractivity contribution in [2.75, 3.05) is 6.61 Å². The van der Waals surface area contributed by atoms with Gasteiger partial charge in [-0.05, 0) is 43.2 Å². The standard InChI is InChI=1S/C17H16Cl2N2O2/c1-11-3-4-12(2)13(7-11)9-20-21-17(22)10-23-16-6-5-14(18)8-15(16)19/h3-9H,10H2,1-2H3,(H,21,22)/b20-9+. The van der Waals surface area contributed by atoms with Crippen molar-refractivity contribution >= 4 is 35.3 Å². The number of rotatable bonds is 5. The average molecular weight is 351 g/mol. The number of nitrogens with zero attached hydrogens (tertiary/aromatic N) is 1. The van der Waals surface area contributed by atoms with Crippen LogP contribution in [0.2, 0.25) is 10.0 Å². The minimum absolute atomic E-state index is 0.189. The molecule has 1 amide bonds. The third-order valence-electron chi connectivity index (χ3n) is 3.08. The lowest BCUT2D eigenvalue weighted by Crippen LogP contribution is -2.24. The number of hydrogen-bond donors (Lipinski definition) is 1. The Morgan fingerprint density at radius 1 is 1.22 bits per heavy atom. The van der Waals surface area contributed by atoms with Gasteiger partial charge in [-0.25, -0.2) is 5.43 Å². The number of hydrazone groups is 1. The minimum atomic E-state index is -0.377. The van der Waals surface area contributed by atoms with Crippen molar-refractivity contribution in [3.63, 3.8) is 0 Å². The van der Waals surface area contributed by atoms with Crippen molar-refractivity contribution in [3.05, 3.63) is 63.1 Å². The molecule has 0 saturated carbocycles. The Morgan fingerprint density at radius 3 is 2.74 bits per heavy atom. The van der Waals surface area contributed by atoms with E-state index in [1.165, 1.54) is 0 Å². The van der Waals surface area contributed by atoms with Crippen molar-refractivity contribution < 1.29 is 9.53 Å². The van der Waals surface area contributed by atoms with E-state index in [0.29, 0.717) is 15.8 Å². The number of halogens is 2. The molecule has 120 valence electrons. The van der Waals surface area contributed by atoms with Crippen LogP contribution in [0, 0.1) is 13.8 Å². The van der Waals surface area contributed by atoms with Crippen molar-refractivity contribution in [3.8, 4) is 5.75 Å². The van der Waals surface area contributed by atoms with E-state index in [2.05, 4.69) is 10.5 Å². The van der Waals surface area contributed by atoms with Gasteiger partial charge in [0.05, 0.1) is 11.2 Å². The van der Waals surface area contributed by atoms with E-state index in [1.807, 2.05) is 32.0 Å². The molecule has 0 spiro atoms. The molecule has 0 aromatic heterocycles. The van der Waals surface area contributed by atoms with Gasteiger partial charge in [0, 0.05) is 5.02 Å². The molecule has 6 heteroatoms. The molecule has 4 nitrogen and oxygen atoms in total. The molecule has 0 bridgehead atoms. The van der Waals surface area contributed by atoms with Gasteiger partial charge in [0.1, 0.15) is 5.75 Å². The maximum atomic E-state index is 11.7. The number of benzene rings is 2. The summed E-state index contributed by atoms with van der Waals surface area (Å²) in [5.41, 5.74) is 5.58. The summed E-state index contributed by atoms with van der Waals surface area (Å²) in [6.07, 6.45) is 1.61. The molecule has 0 saturated heterocycles. The summed E-state index contributed by atoms with van der Waals surface area (Å²) < 4.78 is 5.32. The Bertz CT molecular complexity index is 745. The predicted octanol–water partition coefficient (Wildman–Crippen LogP) is 4.14. The number of nitrogens with one attached hydrogen (secondary N) is 1. The van der Waals surface area contributed by atoms with E-state index in [-0.39, 0.29) is 12.5 Å². The Kier molecular flexibility index (Phi) is 6.02. The first kappa shape index (κ1) is 17.3. The van der Waals surface area contributed by atoms with Crippen LogP contribution in [-0.4, -0.2) is 18.7 Å². The zero-order valence-corrected chi connectivity index (χ0v) is 14.3. The van der Waals surface area contributed by atoms with Gasteiger partial charge < -0.3 is 4.74 Å². The highest BCUT2D eigenvalue weighted by Gasteiger charge is 2.05. The zero-order chi connectivity index (χ0) is 16.8. The molecule has 0 aliphatic heterocycles. The van der Waals surface area contributed by atoms with Crippen LogP contribution in [0.3, 0.4) is 0 Å². The van der Waals surface area contributed by atoms with Gasteiger partial charge in [0.15, 0.2) is 6.61 Å². The third-order valence-corrected chi connectivity index (χ3v) is 3.61. The average Bonchev–Trinajstić information content (AvgIpc) is 2.50. The van der Waals surface area contributed by atoms with Crippen LogP contribution in [0.15, 0.2) is 41.5 Å². The van der Waals surface area contributed by atoms with Crippen LogP contribution in [0.5, 0.6) is 5.75 Å². The van der Waals surface area contributed by atoms with Crippen LogP contribution in [0.4, 0.5) is 0 Å². The van der Waals surface area contributed by atoms with E-state index < -0.39 is 0 Å². The van der Waals surface area contributed by atoms with Gasteiger partial charge in [0.25, 0.3) is 5.91 Å². The summed E-state index contributed by atoms with van der Waals surface area (Å²) >= 11 is 11.8. The summed E-state index contributed by atoms with van der Waals surface area (Å²) in [4.78, 5) is 11.7. The maximum Gasteiger partial charge on any atom is 0.277 e. The predicted molar refractivity (Wildman–Crippen MR) is 93.6 cm³/mol. The fourth-order valence-corrected chi connectivity index (χ4v) is 2.30. The lowest BCUT2D eigenvalue weighted by molar-refractivity contribution is -0.123. The van der Waals surface area contributed by atoms with Gasteiger partial charge in [-0.1, -0.05) is 47.0 Å². The van der Waals surface area contributed by atoms with E-state index in [9.17, 15) is 4.79 Å². The van der Waals surface area contributed by atoms with E-state index in [0.717, 1.165) is 16.7 Å². The van der Waals surface area contributed by atoms with Gasteiger partial charge in [-0.15, -0.1) is 0 Å². The smallest absolute Gasteiger partial charge is 0.277 e. The highest BCUT2D eigenvalue weighted by Crippen LogP contribution is 2.27. The Morgan fingerprint density at radius 2 is 2.00 bits per heavy atom. The number of amides is 1. The highest BCUT2D eigenvalue weighted by atomic mass is 35.5. The normalized spacial score (nSPS) is 10.8. The Labute approximate surface area is 145 Å². The van der Waals surface area contributed by atoms with Gasteiger partial charge in [0.2, 0.25) is 0 Å². The van der Waals surface area contributed by atoms with Gasteiger partial charge in [-0.2, -0.15) is 5.10 Å². The lowest BCUT2D eigenvalue weighted by Gasteiger charge is -2.07. The fourth-order valence-electron chi connectivity index (χ4n) is 1.84. The second-order valence-corrected chi connectivity index (χ2v) is 5.86. The zero-order valence-electron chi connectivity index (χ0n) is 12.8. The van der Waals surface area contributed by atoms with Crippen molar-refractivity contribution in [2.45, 2.75) is 13.8 Å². The Hall–Kier alpha value is -2.04. The van der Waals surface area contributed by atoms with Crippen molar-refractivity contribution in [1.82, 2.24) is 5.43 Å². The third kappa shape index (κ3) is 5.27. The monoisotopic (exact) mass is 350 g/mol. The molecule has 0 aliphatic rings. The first-order chi connectivity index (χ1) is 11.0. The van der Waals surface area contributed by atoms with Crippen LogP contribution < -0.4 is 10.2 Å². The van der Waals surface area contributed by atoms with E-state index in [1.54, 1.807) is 24.4 Å². The molecule has 2 rings (SSSR count). The van der Waals surface area contributed by atoms with Gasteiger partial charge >= 0.3 is 0 Å². The molecule has 2 aromatic rings. The fraction of sp³-hybridized carbons (Fsp3) is 0.176. The molecule has 1 N–H and O–H groups in total. The van der Waals surface area contributed by atoms with Crippen LogP contribution in [0.25, 0.3) is 0 Å². The summed E-state index contributed by atoms with van der Waals surface area (Å²) in [6, 6.07) is 10.8. The highest BCUT2D eigenvalue weighted by molar-refractivity contribution is 6.35. The van der Waals surface area contributed by atoms with Crippen LogP contribution in [-0.2, 0) is 4.79 Å². The molecule has 0 fully saturated rings. The van der Waals surface area contributed by atoms with Gasteiger partial charge in [-0.3, -0.25) is 4.79 Å². The molecule has 0 unspecified atom stereocenters. The van der Waals surface area contributed by atoms with Crippen molar-refractivity contribution in [2.24, 2.45) is 5.10 Å². The molecule has 0 radical (unpaired) electrons. The number of ether oxygens (including phenoxy) is 1. The van der Waals surface area contributed by atoms with E-state index in [4.69, 9.17) is 27.9 Å². The molecule has 0 aliphatic carbocycles. The number of carbonyl (C=O) groups is 1. The molecular weight excluding hydrogens is 335 g/mol. The lowest BCUT2D eigenvalue weighted by atomic mass is 10.1. The molecule has 2 aromatic carbocycles. The summed E-state index contributed by atoms with van der Waals surface area (Å²) in [5.74, 6) is 0.0160. The number of hydrogen-bond acceptors (Lipinski definition) is 3. The quantitative estimate of drug-likeness (QED) is 0.650. The molecule has 0 heterocycles. The Balaban J connectivity index is 1.87. The second kappa shape index (κ2) is 7.99. The summed E-state index contributed by atoms with van der Waals surface area (Å²) in [7, 11) is 0. The first-order valence-corrected chi connectivity index (χ1v) is 7.68. The molecular formula is C17H16Cl2N2O2.